The number of aliphatic hydroxyl groups excluding tert-OH is 2. The van der Waals surface area contributed by atoms with Gasteiger partial charge in [0.1, 0.15) is 0 Å². The molecule has 4 heteroatoms. The minimum Gasteiger partial charge on any atom is -0.393 e. The lowest BCUT2D eigenvalue weighted by Crippen LogP contribution is -2.58. The van der Waals surface area contributed by atoms with E-state index < -0.39 is 0 Å². The number of rotatable bonds is 5. The fourth-order valence-electron chi connectivity index (χ4n) is 9.26. The van der Waals surface area contributed by atoms with E-state index in [0.29, 0.717) is 41.9 Å². The van der Waals surface area contributed by atoms with Crippen molar-refractivity contribution in [3.63, 3.8) is 0 Å². The molecular weight excluding hydrogens is 386 g/mol. The quantitative estimate of drug-likeness (QED) is 0.599. The standard InChI is InChI=1S/C27H45NO3/c1-16(12-24(31)28-15-17-4-5-17)20-6-7-21-25-22(9-11-27(20,21)3)26(2)10-8-19(29)13-18(26)14-23(25)30/h16-23,25,29-30H,4-15H2,1-3H3,(H,28,31)/t16-,18+,19-,20?,21+,22+,23-,25+,26+,27-/m1/s1. The van der Waals surface area contributed by atoms with Crippen LogP contribution in [0.3, 0.4) is 0 Å². The van der Waals surface area contributed by atoms with E-state index in [9.17, 15) is 15.0 Å². The van der Waals surface area contributed by atoms with Gasteiger partial charge in [0, 0.05) is 13.0 Å². The fourth-order valence-corrected chi connectivity index (χ4v) is 9.26. The molecular formula is C27H45NO3. The third-order valence-electron chi connectivity index (χ3n) is 11.2. The van der Waals surface area contributed by atoms with Gasteiger partial charge in [0.05, 0.1) is 12.2 Å². The van der Waals surface area contributed by atoms with Crippen molar-refractivity contribution in [1.82, 2.24) is 5.32 Å². The first-order chi connectivity index (χ1) is 14.7. The predicted molar refractivity (Wildman–Crippen MR) is 122 cm³/mol. The number of hydrogen-bond acceptors (Lipinski definition) is 3. The van der Waals surface area contributed by atoms with Crippen molar-refractivity contribution in [3.05, 3.63) is 0 Å². The van der Waals surface area contributed by atoms with E-state index in [2.05, 4.69) is 26.1 Å². The second-order valence-corrected chi connectivity index (χ2v) is 12.9. The molecule has 3 N–H and O–H groups in total. The zero-order valence-electron chi connectivity index (χ0n) is 20.0. The van der Waals surface area contributed by atoms with Crippen LogP contribution in [0.25, 0.3) is 0 Å². The van der Waals surface area contributed by atoms with Crippen LogP contribution < -0.4 is 5.32 Å². The smallest absolute Gasteiger partial charge is 0.220 e. The summed E-state index contributed by atoms with van der Waals surface area (Å²) in [7, 11) is 0. The first-order valence-electron chi connectivity index (χ1n) is 13.3. The van der Waals surface area contributed by atoms with Crippen LogP contribution in [0.5, 0.6) is 0 Å². The number of hydrogen-bond donors (Lipinski definition) is 3. The molecule has 0 saturated heterocycles. The number of fused-ring (bicyclic) bond motifs is 5. The number of aliphatic hydroxyl groups is 2. The van der Waals surface area contributed by atoms with Gasteiger partial charge in [-0.2, -0.15) is 0 Å². The monoisotopic (exact) mass is 431 g/mol. The molecule has 5 aliphatic carbocycles. The topological polar surface area (TPSA) is 69.6 Å². The van der Waals surface area contributed by atoms with Crippen molar-refractivity contribution in [2.24, 2.45) is 52.3 Å². The molecule has 5 fully saturated rings. The van der Waals surface area contributed by atoms with Crippen LogP contribution >= 0.6 is 0 Å². The fraction of sp³-hybridized carbons (Fsp3) is 0.963. The molecule has 0 aromatic carbocycles. The summed E-state index contributed by atoms with van der Waals surface area (Å²) < 4.78 is 0. The molecule has 0 bridgehead atoms. The highest BCUT2D eigenvalue weighted by Crippen LogP contribution is 2.68. The van der Waals surface area contributed by atoms with Crippen molar-refractivity contribution < 1.29 is 15.0 Å². The molecule has 5 aliphatic rings. The van der Waals surface area contributed by atoms with Crippen molar-refractivity contribution in [1.29, 1.82) is 0 Å². The second kappa shape index (κ2) is 8.01. The number of carbonyl (C=O) groups excluding carboxylic acids is 1. The molecule has 176 valence electrons. The first kappa shape index (κ1) is 22.2. The van der Waals surface area contributed by atoms with Crippen molar-refractivity contribution in [3.8, 4) is 0 Å². The summed E-state index contributed by atoms with van der Waals surface area (Å²) in [6.45, 7) is 8.16. The van der Waals surface area contributed by atoms with Crippen molar-refractivity contribution >= 4 is 5.91 Å². The maximum Gasteiger partial charge on any atom is 0.220 e. The zero-order valence-corrected chi connectivity index (χ0v) is 20.0. The summed E-state index contributed by atoms with van der Waals surface area (Å²) >= 11 is 0. The molecule has 10 atom stereocenters. The Hall–Kier alpha value is -0.610. The molecule has 5 rings (SSSR count). The summed E-state index contributed by atoms with van der Waals surface area (Å²) in [5.74, 6) is 4.07. The third-order valence-corrected chi connectivity index (χ3v) is 11.2. The maximum absolute atomic E-state index is 12.5. The van der Waals surface area contributed by atoms with E-state index in [1.54, 1.807) is 0 Å². The molecule has 1 unspecified atom stereocenters. The van der Waals surface area contributed by atoms with Gasteiger partial charge in [-0.15, -0.1) is 0 Å². The molecule has 4 nitrogen and oxygen atoms in total. The minimum atomic E-state index is -0.214. The first-order valence-corrected chi connectivity index (χ1v) is 13.3. The number of carbonyl (C=O) groups is 1. The highest BCUT2D eigenvalue weighted by Gasteiger charge is 2.62. The van der Waals surface area contributed by atoms with Crippen LogP contribution in [-0.2, 0) is 4.79 Å². The van der Waals surface area contributed by atoms with E-state index >= 15 is 0 Å². The van der Waals surface area contributed by atoms with Crippen LogP contribution in [0.4, 0.5) is 0 Å². The Morgan fingerprint density at radius 3 is 2.42 bits per heavy atom. The number of nitrogens with one attached hydrogen (secondary N) is 1. The maximum atomic E-state index is 12.5. The highest BCUT2D eigenvalue weighted by molar-refractivity contribution is 5.76. The lowest BCUT2D eigenvalue weighted by Gasteiger charge is -2.62. The summed E-state index contributed by atoms with van der Waals surface area (Å²) in [5.41, 5.74) is 0.548. The van der Waals surface area contributed by atoms with Crippen LogP contribution in [0, 0.1) is 52.3 Å². The summed E-state index contributed by atoms with van der Waals surface area (Å²) in [6, 6.07) is 0. The van der Waals surface area contributed by atoms with E-state index in [-0.39, 0.29) is 28.9 Å². The average Bonchev–Trinajstić information content (AvgIpc) is 3.47. The Morgan fingerprint density at radius 1 is 0.968 bits per heavy atom. The molecule has 5 saturated carbocycles. The Kier molecular flexibility index (Phi) is 5.73. The third kappa shape index (κ3) is 3.78. The Balaban J connectivity index is 1.29. The molecule has 0 aliphatic heterocycles. The largest absolute Gasteiger partial charge is 0.393 e. The number of amides is 1. The molecule has 0 radical (unpaired) electrons. The molecule has 0 aromatic heterocycles. The normalized spacial score (nSPS) is 50.2. The zero-order chi connectivity index (χ0) is 22.0. The average molecular weight is 432 g/mol. The van der Waals surface area contributed by atoms with E-state index in [1.807, 2.05) is 0 Å². The van der Waals surface area contributed by atoms with Crippen molar-refractivity contribution in [2.75, 3.05) is 6.54 Å². The van der Waals surface area contributed by atoms with Crippen molar-refractivity contribution in [2.45, 2.75) is 104 Å². The lowest BCUT2D eigenvalue weighted by molar-refractivity contribution is -0.174. The SMILES string of the molecule is C[C@H](CC(=O)NCC1CC1)C1CC[C@H]2[C@@H]3[C@H](O)C[C@@H]4C[C@H](O)CC[C@]4(C)[C@H]3CC[C@]12C. The van der Waals surface area contributed by atoms with Gasteiger partial charge in [-0.3, -0.25) is 4.79 Å². The predicted octanol–water partition coefficient (Wildman–Crippen LogP) is 4.53. The summed E-state index contributed by atoms with van der Waals surface area (Å²) in [6.07, 6.45) is 11.6. The molecule has 0 spiro atoms. The van der Waals surface area contributed by atoms with Gasteiger partial charge in [0.25, 0.3) is 0 Å². The molecule has 0 heterocycles. The summed E-state index contributed by atoms with van der Waals surface area (Å²) in [4.78, 5) is 12.5. The summed E-state index contributed by atoms with van der Waals surface area (Å²) in [5, 5.41) is 24.8. The van der Waals surface area contributed by atoms with Crippen LogP contribution in [0.2, 0.25) is 0 Å². The Bertz CT molecular complexity index is 692. The highest BCUT2D eigenvalue weighted by atomic mass is 16.3. The Labute approximate surface area is 188 Å². The van der Waals surface area contributed by atoms with E-state index in [4.69, 9.17) is 0 Å². The molecule has 31 heavy (non-hydrogen) atoms. The van der Waals surface area contributed by atoms with Gasteiger partial charge in [-0.1, -0.05) is 20.8 Å². The van der Waals surface area contributed by atoms with Gasteiger partial charge >= 0.3 is 0 Å². The van der Waals surface area contributed by atoms with Gasteiger partial charge in [0.2, 0.25) is 5.91 Å². The van der Waals surface area contributed by atoms with E-state index in [1.165, 1.54) is 38.5 Å². The van der Waals surface area contributed by atoms with Crippen LogP contribution in [-0.4, -0.2) is 34.9 Å². The van der Waals surface area contributed by atoms with Gasteiger partial charge in [-0.05, 0) is 116 Å². The van der Waals surface area contributed by atoms with Gasteiger partial charge in [0.15, 0.2) is 0 Å². The minimum absolute atomic E-state index is 0.168. The van der Waals surface area contributed by atoms with Crippen LogP contribution in [0.1, 0.15) is 91.4 Å². The molecule has 1 amide bonds. The Morgan fingerprint density at radius 2 is 1.68 bits per heavy atom. The van der Waals surface area contributed by atoms with Crippen LogP contribution in [0.15, 0.2) is 0 Å². The lowest BCUT2D eigenvalue weighted by atomic mass is 9.43. The molecule has 0 aromatic rings. The second-order valence-electron chi connectivity index (χ2n) is 12.9. The van der Waals surface area contributed by atoms with E-state index in [0.717, 1.165) is 38.1 Å². The van der Waals surface area contributed by atoms with Gasteiger partial charge in [-0.25, -0.2) is 0 Å². The van der Waals surface area contributed by atoms with Gasteiger partial charge < -0.3 is 15.5 Å².